The van der Waals surface area contributed by atoms with Crippen molar-refractivity contribution in [2.45, 2.75) is 12.5 Å². The van der Waals surface area contributed by atoms with Crippen LogP contribution >= 0.6 is 0 Å². The van der Waals surface area contributed by atoms with Gasteiger partial charge >= 0.3 is 0 Å². The summed E-state index contributed by atoms with van der Waals surface area (Å²) in [6, 6.07) is 16.6. The van der Waals surface area contributed by atoms with E-state index in [1.54, 1.807) is 0 Å². The van der Waals surface area contributed by atoms with Gasteiger partial charge in [-0.05, 0) is 17.2 Å². The number of hydrogen-bond acceptors (Lipinski definition) is 2. The van der Waals surface area contributed by atoms with Crippen molar-refractivity contribution in [3.05, 3.63) is 54.1 Å². The molecule has 1 aliphatic rings. The molecular weight excluding hydrogens is 210 g/mol. The van der Waals surface area contributed by atoms with Gasteiger partial charge in [0.25, 0.3) is 0 Å². The van der Waals surface area contributed by atoms with Crippen molar-refractivity contribution in [2.24, 2.45) is 5.73 Å². The van der Waals surface area contributed by atoms with Crippen molar-refractivity contribution in [3.63, 3.8) is 0 Å². The van der Waals surface area contributed by atoms with Crippen molar-refractivity contribution in [1.29, 1.82) is 0 Å². The summed E-state index contributed by atoms with van der Waals surface area (Å²) in [5, 5.41) is 0. The second kappa shape index (κ2) is 4.22. The zero-order valence-corrected chi connectivity index (χ0v) is 9.60. The first kappa shape index (κ1) is 10.4. The zero-order chi connectivity index (χ0) is 11.7. The van der Waals surface area contributed by atoms with Crippen LogP contribution in [-0.2, 0) is 6.42 Å². The third-order valence-corrected chi connectivity index (χ3v) is 3.21. The van der Waals surface area contributed by atoms with Crippen LogP contribution < -0.4 is 10.5 Å². The lowest BCUT2D eigenvalue weighted by Crippen LogP contribution is -2.24. The molecule has 0 bridgehead atoms. The number of nitrogens with two attached hydrogens (primary N) is 1. The summed E-state index contributed by atoms with van der Waals surface area (Å²) in [5.74, 6) is 0.988. The molecule has 0 radical (unpaired) electrons. The normalized spacial score (nSPS) is 17.6. The molecule has 1 atom stereocenters. The molecule has 2 aromatic rings. The van der Waals surface area contributed by atoms with Gasteiger partial charge in [0.15, 0.2) is 0 Å². The second-order valence-corrected chi connectivity index (χ2v) is 4.33. The van der Waals surface area contributed by atoms with Crippen LogP contribution in [0.15, 0.2) is 48.5 Å². The maximum absolute atomic E-state index is 5.79. The minimum Gasteiger partial charge on any atom is -0.488 e. The first-order valence-corrected chi connectivity index (χ1v) is 5.92. The van der Waals surface area contributed by atoms with E-state index in [1.165, 1.54) is 16.7 Å². The number of fused-ring (bicyclic) bond motifs is 1. The molecular formula is C15H15NO. The Labute approximate surface area is 101 Å². The van der Waals surface area contributed by atoms with E-state index in [1.807, 2.05) is 18.2 Å². The lowest BCUT2D eigenvalue weighted by molar-refractivity contribution is 0.241. The van der Waals surface area contributed by atoms with E-state index < -0.39 is 0 Å². The van der Waals surface area contributed by atoms with Gasteiger partial charge in [0.05, 0.1) is 0 Å². The highest BCUT2D eigenvalue weighted by Gasteiger charge is 2.24. The SMILES string of the molecule is NC[C@@H]1Cc2c(cccc2-c2ccccc2)O1. The Balaban J connectivity index is 2.07. The fraction of sp³-hybridized carbons (Fsp3) is 0.200. The van der Waals surface area contributed by atoms with Gasteiger partial charge in [-0.15, -0.1) is 0 Å². The number of benzene rings is 2. The lowest BCUT2D eigenvalue weighted by Gasteiger charge is -2.06. The lowest BCUT2D eigenvalue weighted by atomic mass is 9.97. The average molecular weight is 225 g/mol. The van der Waals surface area contributed by atoms with Crippen LogP contribution in [0.1, 0.15) is 5.56 Å². The molecule has 3 rings (SSSR count). The predicted octanol–water partition coefficient (Wildman–Crippen LogP) is 2.62. The summed E-state index contributed by atoms with van der Waals surface area (Å²) < 4.78 is 5.79. The highest BCUT2D eigenvalue weighted by molar-refractivity contribution is 5.70. The van der Waals surface area contributed by atoms with Gasteiger partial charge in [-0.1, -0.05) is 42.5 Å². The van der Waals surface area contributed by atoms with Gasteiger partial charge in [-0.2, -0.15) is 0 Å². The van der Waals surface area contributed by atoms with Gasteiger partial charge in [-0.25, -0.2) is 0 Å². The molecule has 2 nitrogen and oxygen atoms in total. The quantitative estimate of drug-likeness (QED) is 0.852. The summed E-state index contributed by atoms with van der Waals surface area (Å²) in [4.78, 5) is 0. The van der Waals surface area contributed by atoms with E-state index in [0.717, 1.165) is 12.2 Å². The minimum absolute atomic E-state index is 0.134. The van der Waals surface area contributed by atoms with E-state index in [4.69, 9.17) is 10.5 Å². The Hall–Kier alpha value is -1.80. The van der Waals surface area contributed by atoms with Gasteiger partial charge in [0.1, 0.15) is 11.9 Å². The van der Waals surface area contributed by atoms with Crippen molar-refractivity contribution in [2.75, 3.05) is 6.54 Å². The Morgan fingerprint density at radius 3 is 2.65 bits per heavy atom. The van der Waals surface area contributed by atoms with Gasteiger partial charge < -0.3 is 10.5 Å². The van der Waals surface area contributed by atoms with E-state index in [0.29, 0.717) is 6.54 Å². The summed E-state index contributed by atoms with van der Waals surface area (Å²) in [5.41, 5.74) is 9.47. The van der Waals surface area contributed by atoms with Crippen LogP contribution in [0.4, 0.5) is 0 Å². The second-order valence-electron chi connectivity index (χ2n) is 4.33. The van der Waals surface area contributed by atoms with Crippen molar-refractivity contribution >= 4 is 0 Å². The van der Waals surface area contributed by atoms with Crippen LogP contribution in [0.2, 0.25) is 0 Å². The van der Waals surface area contributed by atoms with Crippen LogP contribution in [-0.4, -0.2) is 12.6 Å². The zero-order valence-electron chi connectivity index (χ0n) is 9.60. The number of rotatable bonds is 2. The molecule has 2 N–H and O–H groups in total. The molecule has 86 valence electrons. The maximum atomic E-state index is 5.79. The van der Waals surface area contributed by atoms with Crippen molar-refractivity contribution < 1.29 is 4.74 Å². The molecule has 1 heterocycles. The Morgan fingerprint density at radius 2 is 1.88 bits per heavy atom. The molecule has 0 saturated heterocycles. The largest absolute Gasteiger partial charge is 0.488 e. The Morgan fingerprint density at radius 1 is 1.06 bits per heavy atom. The minimum atomic E-state index is 0.134. The monoisotopic (exact) mass is 225 g/mol. The van der Waals surface area contributed by atoms with Crippen LogP contribution in [0.3, 0.4) is 0 Å². The van der Waals surface area contributed by atoms with Crippen LogP contribution in [0.25, 0.3) is 11.1 Å². The molecule has 2 heteroatoms. The Bertz CT molecular complexity index is 522. The first-order valence-electron chi connectivity index (χ1n) is 5.92. The fourth-order valence-electron chi connectivity index (χ4n) is 2.36. The van der Waals surface area contributed by atoms with Crippen molar-refractivity contribution in [3.8, 4) is 16.9 Å². The third-order valence-electron chi connectivity index (χ3n) is 3.21. The standard InChI is InChI=1S/C15H15NO/c16-10-12-9-14-13(7-4-8-15(14)17-12)11-5-2-1-3-6-11/h1-8,12H,9-10,16H2/t12-/m0/s1. The summed E-state index contributed by atoms with van der Waals surface area (Å²) in [6.45, 7) is 0.572. The predicted molar refractivity (Wildman–Crippen MR) is 69.1 cm³/mol. The average Bonchev–Trinajstić information content (AvgIpc) is 2.82. The van der Waals surface area contributed by atoms with Crippen LogP contribution in [0.5, 0.6) is 5.75 Å². The van der Waals surface area contributed by atoms with Gasteiger partial charge in [0, 0.05) is 18.5 Å². The third kappa shape index (κ3) is 1.81. The molecule has 0 amide bonds. The van der Waals surface area contributed by atoms with Gasteiger partial charge in [0.2, 0.25) is 0 Å². The molecule has 0 unspecified atom stereocenters. The maximum Gasteiger partial charge on any atom is 0.123 e. The molecule has 0 spiro atoms. The molecule has 17 heavy (non-hydrogen) atoms. The van der Waals surface area contributed by atoms with Crippen molar-refractivity contribution in [1.82, 2.24) is 0 Å². The number of hydrogen-bond donors (Lipinski definition) is 1. The first-order chi connectivity index (χ1) is 8.38. The van der Waals surface area contributed by atoms with E-state index >= 15 is 0 Å². The molecule has 0 aliphatic carbocycles. The van der Waals surface area contributed by atoms with Crippen LogP contribution in [0, 0.1) is 0 Å². The van der Waals surface area contributed by atoms with Gasteiger partial charge in [-0.3, -0.25) is 0 Å². The van der Waals surface area contributed by atoms with E-state index in [9.17, 15) is 0 Å². The summed E-state index contributed by atoms with van der Waals surface area (Å²) in [6.07, 6.45) is 1.05. The highest BCUT2D eigenvalue weighted by atomic mass is 16.5. The molecule has 2 aromatic carbocycles. The molecule has 1 aliphatic heterocycles. The smallest absolute Gasteiger partial charge is 0.123 e. The molecule has 0 saturated carbocycles. The summed E-state index contributed by atoms with van der Waals surface area (Å²) in [7, 11) is 0. The topological polar surface area (TPSA) is 35.2 Å². The fourth-order valence-corrected chi connectivity index (χ4v) is 2.36. The highest BCUT2D eigenvalue weighted by Crippen LogP contribution is 2.36. The van der Waals surface area contributed by atoms with E-state index in [-0.39, 0.29) is 6.10 Å². The van der Waals surface area contributed by atoms with E-state index in [2.05, 4.69) is 30.3 Å². The summed E-state index contributed by atoms with van der Waals surface area (Å²) >= 11 is 0. The molecule has 0 aromatic heterocycles. The number of ether oxygens (including phenoxy) is 1. The molecule has 0 fully saturated rings. The Kier molecular flexibility index (Phi) is 2.57.